The molecule has 1 aromatic carbocycles. The van der Waals surface area contributed by atoms with Crippen LogP contribution in [0.5, 0.6) is 5.75 Å². The monoisotopic (exact) mass is 361 g/mol. The summed E-state index contributed by atoms with van der Waals surface area (Å²) in [6.45, 7) is 2.71. The summed E-state index contributed by atoms with van der Waals surface area (Å²) in [5.41, 5.74) is 0.0688. The van der Waals surface area contributed by atoms with Crippen LogP contribution in [-0.4, -0.2) is 33.4 Å². The first-order valence-corrected chi connectivity index (χ1v) is 9.10. The van der Waals surface area contributed by atoms with E-state index in [0.717, 1.165) is 10.5 Å². The van der Waals surface area contributed by atoms with E-state index in [9.17, 15) is 14.7 Å². The van der Waals surface area contributed by atoms with Crippen molar-refractivity contribution in [1.29, 1.82) is 0 Å². The Balaban J connectivity index is 1.86. The molecule has 1 aromatic heterocycles. The summed E-state index contributed by atoms with van der Waals surface area (Å²) in [4.78, 5) is 30.0. The number of thioether (sulfide) groups is 1. The number of benzene rings is 1. The van der Waals surface area contributed by atoms with Crippen molar-refractivity contribution in [3.05, 3.63) is 51.7 Å². The summed E-state index contributed by atoms with van der Waals surface area (Å²) in [5, 5.41) is 12.8. The van der Waals surface area contributed by atoms with E-state index in [4.69, 9.17) is 4.74 Å². The topological polar surface area (TPSA) is 93.5 Å². The Kier molecular flexibility index (Phi) is 5.10. The molecule has 1 unspecified atom stereocenters. The van der Waals surface area contributed by atoms with E-state index in [0.29, 0.717) is 19.0 Å². The fourth-order valence-electron chi connectivity index (χ4n) is 2.75. The maximum atomic E-state index is 12.5. The van der Waals surface area contributed by atoms with Crippen molar-refractivity contribution in [3.8, 4) is 5.75 Å². The molecule has 2 aromatic rings. The van der Waals surface area contributed by atoms with E-state index in [1.54, 1.807) is 18.7 Å². The lowest BCUT2D eigenvalue weighted by atomic mass is 10.2. The lowest BCUT2D eigenvalue weighted by Gasteiger charge is -2.24. The number of hydrogen-bond acceptors (Lipinski definition) is 6. The zero-order valence-electron chi connectivity index (χ0n) is 14.0. The number of amides is 1. The van der Waals surface area contributed by atoms with Crippen molar-refractivity contribution in [2.45, 2.75) is 31.0 Å². The minimum Gasteiger partial charge on any atom is -0.501 e. The quantitative estimate of drug-likeness (QED) is 0.805. The highest BCUT2D eigenvalue weighted by molar-refractivity contribution is 7.98. The molecule has 2 heterocycles. The predicted octanol–water partition coefficient (Wildman–Crippen LogP) is 1.69. The van der Waals surface area contributed by atoms with Gasteiger partial charge >= 0.3 is 0 Å². The summed E-state index contributed by atoms with van der Waals surface area (Å²) in [7, 11) is 0. The van der Waals surface area contributed by atoms with Crippen molar-refractivity contribution in [2.75, 3.05) is 12.9 Å². The molecular formula is C17H19N3O4S. The van der Waals surface area contributed by atoms with Gasteiger partial charge in [-0.2, -0.15) is 0 Å². The average Bonchev–Trinajstić information content (AvgIpc) is 2.63. The lowest BCUT2D eigenvalue weighted by Crippen LogP contribution is -2.35. The SMILES string of the molecule is CSc1ccccc1CNC(=O)c1nc2n(c(=O)c1O)CCOC2C. The van der Waals surface area contributed by atoms with Crippen LogP contribution in [0, 0.1) is 0 Å². The zero-order chi connectivity index (χ0) is 18.0. The molecule has 0 radical (unpaired) electrons. The number of fused-ring (bicyclic) bond motifs is 1. The van der Waals surface area contributed by atoms with E-state index >= 15 is 0 Å². The summed E-state index contributed by atoms with van der Waals surface area (Å²) in [5.74, 6) is -0.871. The number of nitrogens with one attached hydrogen (secondary N) is 1. The van der Waals surface area contributed by atoms with Gasteiger partial charge in [0.2, 0.25) is 5.75 Å². The molecule has 0 saturated heterocycles. The van der Waals surface area contributed by atoms with Crippen LogP contribution in [0.4, 0.5) is 0 Å². The first-order chi connectivity index (χ1) is 12.0. The maximum Gasteiger partial charge on any atom is 0.296 e. The van der Waals surface area contributed by atoms with E-state index in [2.05, 4.69) is 10.3 Å². The Bertz CT molecular complexity index is 865. The molecule has 0 saturated carbocycles. The molecule has 0 aliphatic carbocycles. The van der Waals surface area contributed by atoms with Gasteiger partial charge in [-0.3, -0.25) is 14.2 Å². The molecule has 0 fully saturated rings. The first-order valence-electron chi connectivity index (χ1n) is 7.88. The predicted molar refractivity (Wildman–Crippen MR) is 93.9 cm³/mol. The molecule has 1 amide bonds. The number of aromatic nitrogens is 2. The fourth-order valence-corrected chi connectivity index (χ4v) is 3.37. The van der Waals surface area contributed by atoms with Crippen LogP contribution in [0.15, 0.2) is 34.0 Å². The first kappa shape index (κ1) is 17.5. The highest BCUT2D eigenvalue weighted by Crippen LogP contribution is 2.22. The molecule has 0 bridgehead atoms. The van der Waals surface area contributed by atoms with Crippen molar-refractivity contribution < 1.29 is 14.6 Å². The number of hydrogen-bond donors (Lipinski definition) is 2. The smallest absolute Gasteiger partial charge is 0.296 e. The fraction of sp³-hybridized carbons (Fsp3) is 0.353. The van der Waals surface area contributed by atoms with Gasteiger partial charge in [0.15, 0.2) is 5.69 Å². The van der Waals surface area contributed by atoms with Gasteiger partial charge in [-0.25, -0.2) is 4.98 Å². The Morgan fingerprint density at radius 3 is 3.00 bits per heavy atom. The molecule has 25 heavy (non-hydrogen) atoms. The Morgan fingerprint density at radius 2 is 2.24 bits per heavy atom. The summed E-state index contributed by atoms with van der Waals surface area (Å²) >= 11 is 1.58. The summed E-state index contributed by atoms with van der Waals surface area (Å²) in [6, 6.07) is 7.70. The molecule has 1 atom stereocenters. The molecule has 3 rings (SSSR count). The molecule has 2 N–H and O–H groups in total. The van der Waals surface area contributed by atoms with Crippen molar-refractivity contribution >= 4 is 17.7 Å². The third kappa shape index (κ3) is 3.40. The molecule has 0 spiro atoms. The Morgan fingerprint density at radius 1 is 1.48 bits per heavy atom. The second-order valence-corrected chi connectivity index (χ2v) is 6.48. The van der Waals surface area contributed by atoms with Crippen LogP contribution in [0.25, 0.3) is 0 Å². The van der Waals surface area contributed by atoms with Crippen molar-refractivity contribution in [3.63, 3.8) is 0 Å². The van der Waals surface area contributed by atoms with Gasteiger partial charge in [-0.1, -0.05) is 18.2 Å². The van der Waals surface area contributed by atoms with E-state index in [1.807, 2.05) is 30.5 Å². The van der Waals surface area contributed by atoms with Gasteiger partial charge in [-0.05, 0) is 24.8 Å². The number of ether oxygens (including phenoxy) is 1. The van der Waals surface area contributed by atoms with Crippen LogP contribution < -0.4 is 10.9 Å². The van der Waals surface area contributed by atoms with Gasteiger partial charge in [0.1, 0.15) is 11.9 Å². The largest absolute Gasteiger partial charge is 0.501 e. The number of nitrogens with zero attached hydrogens (tertiary/aromatic N) is 2. The molecule has 8 heteroatoms. The van der Waals surface area contributed by atoms with E-state index < -0.39 is 23.3 Å². The number of rotatable bonds is 4. The van der Waals surface area contributed by atoms with E-state index in [1.165, 1.54) is 4.57 Å². The standard InChI is InChI=1S/C17H19N3O4S/c1-10-15-19-13(14(21)17(23)20(15)7-8-24-10)16(22)18-9-11-5-3-4-6-12(11)25-2/h3-6,10,21H,7-9H2,1-2H3,(H,18,22). The molecule has 1 aliphatic heterocycles. The highest BCUT2D eigenvalue weighted by atomic mass is 32.2. The molecule has 7 nitrogen and oxygen atoms in total. The van der Waals surface area contributed by atoms with E-state index in [-0.39, 0.29) is 12.2 Å². The molecule has 1 aliphatic rings. The van der Waals surface area contributed by atoms with Gasteiger partial charge in [0.25, 0.3) is 11.5 Å². The van der Waals surface area contributed by atoms with Crippen LogP contribution in [0.2, 0.25) is 0 Å². The van der Waals surface area contributed by atoms with Gasteiger partial charge in [0, 0.05) is 11.4 Å². The maximum absolute atomic E-state index is 12.5. The van der Waals surface area contributed by atoms with Crippen LogP contribution in [-0.2, 0) is 17.8 Å². The third-order valence-electron chi connectivity index (χ3n) is 4.07. The lowest BCUT2D eigenvalue weighted by molar-refractivity contribution is 0.0256. The van der Waals surface area contributed by atoms with Gasteiger partial charge in [-0.15, -0.1) is 11.8 Å². The Hall–Kier alpha value is -2.32. The van der Waals surface area contributed by atoms with Crippen LogP contribution in [0.1, 0.15) is 34.9 Å². The van der Waals surface area contributed by atoms with Gasteiger partial charge < -0.3 is 15.2 Å². The van der Waals surface area contributed by atoms with Gasteiger partial charge in [0.05, 0.1) is 13.2 Å². The highest BCUT2D eigenvalue weighted by Gasteiger charge is 2.26. The second kappa shape index (κ2) is 7.28. The number of carbonyl (C=O) groups excluding carboxylic acids is 1. The summed E-state index contributed by atoms with van der Waals surface area (Å²) in [6.07, 6.45) is 1.55. The van der Waals surface area contributed by atoms with Crippen LogP contribution in [0.3, 0.4) is 0 Å². The minimum absolute atomic E-state index is 0.268. The second-order valence-electron chi connectivity index (χ2n) is 5.63. The van der Waals surface area contributed by atoms with Crippen molar-refractivity contribution in [2.24, 2.45) is 0 Å². The average molecular weight is 361 g/mol. The number of carbonyl (C=O) groups is 1. The summed E-state index contributed by atoms with van der Waals surface area (Å²) < 4.78 is 6.81. The zero-order valence-corrected chi connectivity index (χ0v) is 14.8. The minimum atomic E-state index is -0.631. The van der Waals surface area contributed by atoms with Crippen LogP contribution >= 0.6 is 11.8 Å². The third-order valence-corrected chi connectivity index (χ3v) is 4.91. The number of aromatic hydroxyl groups is 1. The molecular weight excluding hydrogens is 342 g/mol. The Labute approximate surface area is 149 Å². The molecule has 132 valence electrons. The normalized spacial score (nSPS) is 16.3. The van der Waals surface area contributed by atoms with Crippen molar-refractivity contribution in [1.82, 2.24) is 14.9 Å².